The Labute approximate surface area is 127 Å². The number of nitrogens with zero attached hydrogens (tertiary/aromatic N) is 2. The van der Waals surface area contributed by atoms with Gasteiger partial charge in [-0.05, 0) is 49.5 Å². The van der Waals surface area contributed by atoms with E-state index in [0.29, 0.717) is 0 Å². The van der Waals surface area contributed by atoms with Crippen LogP contribution in [0.5, 0.6) is 0 Å². The van der Waals surface area contributed by atoms with Gasteiger partial charge < -0.3 is 15.5 Å². The maximum Gasteiger partial charge on any atom is 0.0705 e. The highest BCUT2D eigenvalue weighted by molar-refractivity contribution is 5.66. The van der Waals surface area contributed by atoms with Crippen LogP contribution >= 0.6 is 0 Å². The number of aromatic nitrogens is 1. The first-order valence-corrected chi connectivity index (χ1v) is 7.20. The van der Waals surface area contributed by atoms with Crippen molar-refractivity contribution in [3.63, 3.8) is 0 Å². The normalized spacial score (nSPS) is 10.7. The molecule has 0 spiro atoms. The van der Waals surface area contributed by atoms with Gasteiger partial charge in [0.05, 0.1) is 5.69 Å². The molecule has 112 valence electrons. The van der Waals surface area contributed by atoms with E-state index >= 15 is 0 Å². The number of pyridine rings is 1. The molecule has 0 aliphatic heterocycles. The summed E-state index contributed by atoms with van der Waals surface area (Å²) >= 11 is 0. The molecule has 4 heteroatoms. The minimum Gasteiger partial charge on any atom is -0.377 e. The van der Waals surface area contributed by atoms with E-state index in [0.717, 1.165) is 24.3 Å². The van der Waals surface area contributed by atoms with Crippen LogP contribution in [0.25, 0.3) is 11.3 Å². The van der Waals surface area contributed by atoms with Crippen LogP contribution in [0.4, 0.5) is 5.69 Å². The van der Waals surface area contributed by atoms with Crippen molar-refractivity contribution in [1.29, 1.82) is 0 Å². The Bertz CT molecular complexity index is 593. The van der Waals surface area contributed by atoms with E-state index in [2.05, 4.69) is 58.9 Å². The van der Waals surface area contributed by atoms with Crippen LogP contribution in [0.15, 0.2) is 36.5 Å². The molecule has 0 unspecified atom stereocenters. The minimum atomic E-state index is 0.845. The Morgan fingerprint density at radius 3 is 2.43 bits per heavy atom. The number of hydrogen-bond donors (Lipinski definition) is 2. The van der Waals surface area contributed by atoms with Gasteiger partial charge in [-0.2, -0.15) is 0 Å². The summed E-state index contributed by atoms with van der Waals surface area (Å²) in [6.45, 7) is 1.70. The molecule has 0 atom stereocenters. The average Bonchev–Trinajstić information content (AvgIpc) is 2.48. The van der Waals surface area contributed by atoms with Gasteiger partial charge in [-0.1, -0.05) is 6.07 Å². The Morgan fingerprint density at radius 2 is 1.76 bits per heavy atom. The van der Waals surface area contributed by atoms with Crippen molar-refractivity contribution in [2.45, 2.75) is 13.1 Å². The van der Waals surface area contributed by atoms with Gasteiger partial charge in [-0.15, -0.1) is 0 Å². The molecule has 0 fully saturated rings. The zero-order chi connectivity index (χ0) is 15.2. The number of benzene rings is 1. The highest BCUT2D eigenvalue weighted by Gasteiger charge is 2.08. The molecule has 21 heavy (non-hydrogen) atoms. The van der Waals surface area contributed by atoms with E-state index in [-0.39, 0.29) is 0 Å². The third-order valence-electron chi connectivity index (χ3n) is 3.43. The fraction of sp³-hybridized carbons (Fsp3) is 0.353. The monoisotopic (exact) mass is 284 g/mol. The Balaban J connectivity index is 2.39. The number of hydrogen-bond acceptors (Lipinski definition) is 4. The summed E-state index contributed by atoms with van der Waals surface area (Å²) in [4.78, 5) is 6.65. The Kier molecular flexibility index (Phi) is 5.31. The van der Waals surface area contributed by atoms with Crippen molar-refractivity contribution < 1.29 is 0 Å². The molecule has 0 bridgehead atoms. The molecule has 0 radical (unpaired) electrons. The third kappa shape index (κ3) is 3.80. The number of nitrogens with one attached hydrogen (secondary N) is 2. The van der Waals surface area contributed by atoms with Gasteiger partial charge in [0.1, 0.15) is 0 Å². The van der Waals surface area contributed by atoms with Crippen molar-refractivity contribution >= 4 is 5.69 Å². The fourth-order valence-corrected chi connectivity index (χ4v) is 2.46. The summed E-state index contributed by atoms with van der Waals surface area (Å²) in [5.74, 6) is 0. The van der Waals surface area contributed by atoms with Gasteiger partial charge in [0, 0.05) is 44.6 Å². The van der Waals surface area contributed by atoms with E-state index in [1.54, 1.807) is 0 Å². The first-order valence-electron chi connectivity index (χ1n) is 7.20. The predicted octanol–water partition coefficient (Wildman–Crippen LogP) is 2.25. The Morgan fingerprint density at radius 1 is 1.00 bits per heavy atom. The molecule has 1 heterocycles. The third-order valence-corrected chi connectivity index (χ3v) is 3.43. The smallest absolute Gasteiger partial charge is 0.0705 e. The molecule has 1 aromatic carbocycles. The largest absolute Gasteiger partial charge is 0.377 e. The minimum absolute atomic E-state index is 0.845. The molecule has 0 amide bonds. The highest BCUT2D eigenvalue weighted by atomic mass is 15.1. The molecule has 0 saturated heterocycles. The van der Waals surface area contributed by atoms with Gasteiger partial charge in [0.25, 0.3) is 0 Å². The lowest BCUT2D eigenvalue weighted by Crippen LogP contribution is -2.14. The van der Waals surface area contributed by atoms with E-state index in [4.69, 9.17) is 0 Å². The molecule has 0 aliphatic rings. The molecule has 4 nitrogen and oxygen atoms in total. The maximum atomic E-state index is 4.51. The van der Waals surface area contributed by atoms with Crippen molar-refractivity contribution in [2.75, 3.05) is 33.1 Å². The zero-order valence-electron chi connectivity index (χ0n) is 13.3. The van der Waals surface area contributed by atoms with Crippen molar-refractivity contribution in [3.05, 3.63) is 47.7 Å². The van der Waals surface area contributed by atoms with Crippen molar-refractivity contribution in [3.8, 4) is 11.3 Å². The molecule has 2 N–H and O–H groups in total. The van der Waals surface area contributed by atoms with Gasteiger partial charge in [-0.3, -0.25) is 4.98 Å². The second-order valence-corrected chi connectivity index (χ2v) is 5.35. The van der Waals surface area contributed by atoms with E-state index in [9.17, 15) is 0 Å². The lowest BCUT2D eigenvalue weighted by Gasteiger charge is -2.18. The van der Waals surface area contributed by atoms with Crippen LogP contribution in [0.2, 0.25) is 0 Å². The number of rotatable bonds is 6. The van der Waals surface area contributed by atoms with Gasteiger partial charge >= 0.3 is 0 Å². The second-order valence-electron chi connectivity index (χ2n) is 5.35. The first-order chi connectivity index (χ1) is 10.2. The first kappa shape index (κ1) is 15.5. The zero-order valence-corrected chi connectivity index (χ0v) is 13.3. The summed E-state index contributed by atoms with van der Waals surface area (Å²) in [5, 5.41) is 6.41. The number of anilines is 1. The lowest BCUT2D eigenvalue weighted by atomic mass is 10.0. The SMILES string of the molecule is CNCc1ccnc(-c2ccc(N(C)C)c(CNC)c2)c1. The summed E-state index contributed by atoms with van der Waals surface area (Å²) in [6.07, 6.45) is 1.87. The fourth-order valence-electron chi connectivity index (χ4n) is 2.46. The summed E-state index contributed by atoms with van der Waals surface area (Å²) in [6, 6.07) is 10.7. The molecule has 2 rings (SSSR count). The molecule has 0 aliphatic carbocycles. The standard InChI is InChI=1S/C17H24N4/c1-18-11-13-7-8-20-16(9-13)14-5-6-17(21(3)4)15(10-14)12-19-2/h5-10,18-19H,11-12H2,1-4H3. The highest BCUT2D eigenvalue weighted by Crippen LogP contribution is 2.26. The van der Waals surface area contributed by atoms with Crippen LogP contribution in [0, 0.1) is 0 Å². The molecular formula is C17H24N4. The van der Waals surface area contributed by atoms with Crippen LogP contribution in [-0.2, 0) is 13.1 Å². The van der Waals surface area contributed by atoms with Gasteiger partial charge in [0.15, 0.2) is 0 Å². The molecule has 1 aromatic heterocycles. The van der Waals surface area contributed by atoms with E-state index in [1.165, 1.54) is 16.8 Å². The van der Waals surface area contributed by atoms with E-state index < -0.39 is 0 Å². The summed E-state index contributed by atoms with van der Waals surface area (Å²) in [5.41, 5.74) is 5.93. The van der Waals surface area contributed by atoms with E-state index in [1.807, 2.05) is 26.4 Å². The second kappa shape index (κ2) is 7.20. The maximum absolute atomic E-state index is 4.51. The average molecular weight is 284 g/mol. The van der Waals surface area contributed by atoms with Crippen LogP contribution in [0.1, 0.15) is 11.1 Å². The molecular weight excluding hydrogens is 260 g/mol. The van der Waals surface area contributed by atoms with Crippen molar-refractivity contribution in [1.82, 2.24) is 15.6 Å². The van der Waals surface area contributed by atoms with Crippen LogP contribution in [-0.4, -0.2) is 33.2 Å². The lowest BCUT2D eigenvalue weighted by molar-refractivity contribution is 0.813. The predicted molar refractivity (Wildman–Crippen MR) is 89.5 cm³/mol. The van der Waals surface area contributed by atoms with Gasteiger partial charge in [-0.25, -0.2) is 0 Å². The topological polar surface area (TPSA) is 40.2 Å². The Hall–Kier alpha value is -1.91. The van der Waals surface area contributed by atoms with Gasteiger partial charge in [0.2, 0.25) is 0 Å². The molecule has 2 aromatic rings. The van der Waals surface area contributed by atoms with Crippen LogP contribution < -0.4 is 15.5 Å². The summed E-state index contributed by atoms with van der Waals surface area (Å²) < 4.78 is 0. The quantitative estimate of drug-likeness (QED) is 0.853. The molecule has 0 saturated carbocycles. The van der Waals surface area contributed by atoms with Crippen LogP contribution in [0.3, 0.4) is 0 Å². The summed E-state index contributed by atoms with van der Waals surface area (Å²) in [7, 11) is 8.06. The van der Waals surface area contributed by atoms with Crippen molar-refractivity contribution in [2.24, 2.45) is 0 Å².